The highest BCUT2D eigenvalue weighted by molar-refractivity contribution is 5.72. The fourth-order valence-electron chi connectivity index (χ4n) is 5.28. The van der Waals surface area contributed by atoms with E-state index in [9.17, 15) is 4.79 Å². The van der Waals surface area contributed by atoms with E-state index in [1.54, 1.807) is 0 Å². The summed E-state index contributed by atoms with van der Waals surface area (Å²) in [5.41, 5.74) is 5.19. The number of rotatable bonds is 10. The zero-order valence-electron chi connectivity index (χ0n) is 20.5. The van der Waals surface area contributed by atoms with Crippen LogP contribution in [0.1, 0.15) is 81.8 Å². The Morgan fingerprint density at radius 3 is 2.15 bits per heavy atom. The van der Waals surface area contributed by atoms with Crippen LogP contribution in [0.15, 0.2) is 78.9 Å². The van der Waals surface area contributed by atoms with E-state index in [1.807, 2.05) is 18.2 Å². The number of aryl methyl sites for hydroxylation is 1. The minimum atomic E-state index is -0.132. The van der Waals surface area contributed by atoms with Crippen molar-refractivity contribution in [3.8, 4) is 16.9 Å². The molecule has 0 heterocycles. The average Bonchev–Trinajstić information content (AvgIpc) is 2.89. The maximum absolute atomic E-state index is 12.3. The zero-order chi connectivity index (χ0) is 23.6. The monoisotopic (exact) mass is 454 g/mol. The van der Waals surface area contributed by atoms with Gasteiger partial charge in [0.25, 0.3) is 0 Å². The highest BCUT2D eigenvalue weighted by Crippen LogP contribution is 2.37. The van der Waals surface area contributed by atoms with Crippen LogP contribution >= 0.6 is 0 Å². The Hall–Kier alpha value is -2.87. The van der Waals surface area contributed by atoms with Crippen molar-refractivity contribution in [1.82, 2.24) is 0 Å². The summed E-state index contributed by atoms with van der Waals surface area (Å²) < 4.78 is 5.58. The predicted molar refractivity (Wildman–Crippen MR) is 141 cm³/mol. The largest absolute Gasteiger partial charge is 0.427 e. The van der Waals surface area contributed by atoms with Crippen molar-refractivity contribution >= 4 is 5.97 Å². The summed E-state index contributed by atoms with van der Waals surface area (Å²) in [4.78, 5) is 12.3. The van der Waals surface area contributed by atoms with Crippen LogP contribution in [0.25, 0.3) is 11.1 Å². The van der Waals surface area contributed by atoms with Gasteiger partial charge < -0.3 is 4.74 Å². The first-order valence-electron chi connectivity index (χ1n) is 13.2. The summed E-state index contributed by atoms with van der Waals surface area (Å²) in [7, 11) is 0. The number of unbranched alkanes of at least 4 members (excludes halogenated alkanes) is 1. The fourth-order valence-corrected chi connectivity index (χ4v) is 5.28. The molecule has 0 saturated heterocycles. The molecule has 1 fully saturated rings. The summed E-state index contributed by atoms with van der Waals surface area (Å²) in [6, 6.07) is 27.4. The molecule has 3 aromatic rings. The lowest BCUT2D eigenvalue weighted by Gasteiger charge is -2.28. The Balaban J connectivity index is 1.15. The molecule has 1 saturated carbocycles. The van der Waals surface area contributed by atoms with Crippen molar-refractivity contribution in [2.24, 2.45) is 5.92 Å². The average molecular weight is 455 g/mol. The molecule has 0 amide bonds. The number of esters is 1. The lowest BCUT2D eigenvalue weighted by Crippen LogP contribution is -2.13. The summed E-state index contributed by atoms with van der Waals surface area (Å²) in [5.74, 6) is 2.13. The maximum atomic E-state index is 12.3. The molecule has 0 N–H and O–H groups in total. The van der Waals surface area contributed by atoms with Crippen LogP contribution in [0.4, 0.5) is 0 Å². The number of hydrogen-bond acceptors (Lipinski definition) is 2. The van der Waals surface area contributed by atoms with Gasteiger partial charge in [-0.2, -0.15) is 0 Å². The second-order valence-corrected chi connectivity index (χ2v) is 9.82. The molecule has 0 bridgehead atoms. The van der Waals surface area contributed by atoms with Crippen LogP contribution in [0, 0.1) is 5.92 Å². The number of benzene rings is 3. The minimum absolute atomic E-state index is 0.132. The van der Waals surface area contributed by atoms with Crippen LogP contribution in [0.5, 0.6) is 5.75 Å². The van der Waals surface area contributed by atoms with Gasteiger partial charge in [-0.15, -0.1) is 0 Å². The third kappa shape index (κ3) is 7.06. The molecule has 0 unspecified atom stereocenters. The number of carbonyl (C=O) groups is 1. The van der Waals surface area contributed by atoms with Gasteiger partial charge >= 0.3 is 5.97 Å². The van der Waals surface area contributed by atoms with Gasteiger partial charge in [0.1, 0.15) is 5.75 Å². The van der Waals surface area contributed by atoms with Crippen molar-refractivity contribution in [2.45, 2.75) is 77.0 Å². The molecule has 3 aromatic carbocycles. The third-order valence-corrected chi connectivity index (χ3v) is 7.28. The topological polar surface area (TPSA) is 26.3 Å². The zero-order valence-corrected chi connectivity index (χ0v) is 20.5. The Labute approximate surface area is 205 Å². The van der Waals surface area contributed by atoms with E-state index in [4.69, 9.17) is 4.74 Å². The van der Waals surface area contributed by atoms with E-state index in [-0.39, 0.29) is 5.97 Å². The molecule has 0 aromatic heterocycles. The lowest BCUT2D eigenvalue weighted by molar-refractivity contribution is -0.134. The molecule has 0 atom stereocenters. The molecule has 0 aliphatic heterocycles. The molecule has 0 spiro atoms. The molecular formula is C32H38O2. The van der Waals surface area contributed by atoms with Crippen LogP contribution in [-0.4, -0.2) is 5.97 Å². The van der Waals surface area contributed by atoms with E-state index in [1.165, 1.54) is 60.8 Å². The van der Waals surface area contributed by atoms with E-state index in [2.05, 4.69) is 67.6 Å². The Bertz CT molecular complexity index is 997. The first-order chi connectivity index (χ1) is 16.7. The second-order valence-electron chi connectivity index (χ2n) is 9.82. The van der Waals surface area contributed by atoms with Crippen LogP contribution in [-0.2, 0) is 11.2 Å². The molecule has 1 aliphatic carbocycles. The molecule has 178 valence electrons. The van der Waals surface area contributed by atoms with Crippen molar-refractivity contribution in [3.05, 3.63) is 90.0 Å². The molecule has 2 heteroatoms. The molecule has 1 aliphatic rings. The summed E-state index contributed by atoms with van der Waals surface area (Å²) in [5, 5.41) is 0. The Kier molecular flexibility index (Phi) is 8.96. The number of hydrogen-bond donors (Lipinski definition) is 0. The Morgan fingerprint density at radius 2 is 1.47 bits per heavy atom. The molecular weight excluding hydrogens is 416 g/mol. The molecule has 34 heavy (non-hydrogen) atoms. The van der Waals surface area contributed by atoms with Crippen molar-refractivity contribution < 1.29 is 9.53 Å². The maximum Gasteiger partial charge on any atom is 0.311 e. The highest BCUT2D eigenvalue weighted by Gasteiger charge is 2.21. The predicted octanol–water partition coefficient (Wildman–Crippen LogP) is 8.75. The van der Waals surface area contributed by atoms with E-state index in [0.717, 1.165) is 25.2 Å². The lowest BCUT2D eigenvalue weighted by atomic mass is 9.77. The SMILES string of the molecule is CCC[C@H]1CC[C@H](c2ccc(OC(=O)CCCCc3ccc(-c4ccccc4)cc3)cc2)CC1. The summed E-state index contributed by atoms with van der Waals surface area (Å²) in [6.45, 7) is 2.29. The van der Waals surface area contributed by atoms with Gasteiger partial charge in [-0.05, 0) is 91.2 Å². The Morgan fingerprint density at radius 1 is 0.794 bits per heavy atom. The van der Waals surface area contributed by atoms with Gasteiger partial charge in [0, 0.05) is 6.42 Å². The standard InChI is InChI=1S/C32H38O2/c1-2-8-25-13-17-29(18-14-25)30-21-23-31(24-22-30)34-32(33)12-7-6-9-26-15-19-28(20-16-26)27-10-4-3-5-11-27/h3-5,10-11,15-16,19-25,29H,2,6-9,12-14,17-18H2,1H3/t25-,29-. The quantitative estimate of drug-likeness (QED) is 0.174. The highest BCUT2D eigenvalue weighted by atomic mass is 16.5. The van der Waals surface area contributed by atoms with Gasteiger partial charge in [0.05, 0.1) is 0 Å². The molecule has 0 radical (unpaired) electrons. The van der Waals surface area contributed by atoms with Gasteiger partial charge in [-0.25, -0.2) is 0 Å². The molecule has 2 nitrogen and oxygen atoms in total. The van der Waals surface area contributed by atoms with Crippen LogP contribution < -0.4 is 4.74 Å². The summed E-state index contributed by atoms with van der Waals surface area (Å²) in [6.07, 6.45) is 11.2. The number of ether oxygens (including phenoxy) is 1. The second kappa shape index (κ2) is 12.6. The van der Waals surface area contributed by atoms with Crippen molar-refractivity contribution in [1.29, 1.82) is 0 Å². The van der Waals surface area contributed by atoms with Gasteiger partial charge in [-0.3, -0.25) is 4.79 Å². The van der Waals surface area contributed by atoms with Crippen LogP contribution in [0.3, 0.4) is 0 Å². The molecule has 4 rings (SSSR count). The fraction of sp³-hybridized carbons (Fsp3) is 0.406. The third-order valence-electron chi connectivity index (χ3n) is 7.28. The first-order valence-corrected chi connectivity index (χ1v) is 13.2. The van der Waals surface area contributed by atoms with Gasteiger partial charge in [0.2, 0.25) is 0 Å². The van der Waals surface area contributed by atoms with Crippen molar-refractivity contribution in [2.75, 3.05) is 0 Å². The van der Waals surface area contributed by atoms with E-state index >= 15 is 0 Å². The van der Waals surface area contributed by atoms with Gasteiger partial charge in [-0.1, -0.05) is 86.5 Å². The smallest absolute Gasteiger partial charge is 0.311 e. The van der Waals surface area contributed by atoms with Gasteiger partial charge in [0.15, 0.2) is 0 Å². The van der Waals surface area contributed by atoms with E-state index in [0.29, 0.717) is 18.1 Å². The number of carbonyl (C=O) groups excluding carboxylic acids is 1. The van der Waals surface area contributed by atoms with Crippen LogP contribution in [0.2, 0.25) is 0 Å². The van der Waals surface area contributed by atoms with E-state index < -0.39 is 0 Å². The first kappa shape index (κ1) is 24.3. The normalized spacial score (nSPS) is 17.9. The minimum Gasteiger partial charge on any atom is -0.427 e. The van der Waals surface area contributed by atoms with Crippen molar-refractivity contribution in [3.63, 3.8) is 0 Å². The summed E-state index contributed by atoms with van der Waals surface area (Å²) >= 11 is 0.